The first kappa shape index (κ1) is 16.0. The van der Waals surface area contributed by atoms with Gasteiger partial charge in [-0.2, -0.15) is 0 Å². The zero-order chi connectivity index (χ0) is 14.1. The summed E-state index contributed by atoms with van der Waals surface area (Å²) >= 11 is 0. The van der Waals surface area contributed by atoms with E-state index in [-0.39, 0.29) is 0 Å². The fourth-order valence-corrected chi connectivity index (χ4v) is 1.83. The van der Waals surface area contributed by atoms with Crippen LogP contribution in [0.3, 0.4) is 0 Å². The maximum atomic E-state index is 10.2. The minimum Gasteiger partial charge on any atom is -0.497 e. The molecule has 1 aromatic carbocycles. The van der Waals surface area contributed by atoms with Crippen molar-refractivity contribution in [3.8, 4) is 5.75 Å². The lowest BCUT2D eigenvalue weighted by molar-refractivity contribution is 0.0493. The van der Waals surface area contributed by atoms with Crippen LogP contribution in [0.5, 0.6) is 5.75 Å². The molecule has 4 nitrogen and oxygen atoms in total. The maximum Gasteiger partial charge on any atom is 0.118 e. The molecule has 0 fully saturated rings. The Morgan fingerprint density at radius 3 is 2.47 bits per heavy atom. The fraction of sp³-hybridized carbons (Fsp3) is 0.600. The van der Waals surface area contributed by atoms with E-state index in [1.54, 1.807) is 14.2 Å². The molecule has 0 aromatic heterocycles. The topological polar surface area (TPSA) is 50.7 Å². The molecule has 19 heavy (non-hydrogen) atoms. The van der Waals surface area contributed by atoms with Crippen molar-refractivity contribution in [2.75, 3.05) is 33.9 Å². The second kappa shape index (κ2) is 8.15. The number of ether oxygens (including phenoxy) is 2. The lowest BCUT2D eigenvalue weighted by Crippen LogP contribution is -2.39. The molecule has 0 aliphatic rings. The molecule has 0 saturated heterocycles. The predicted molar refractivity (Wildman–Crippen MR) is 76.7 cm³/mol. The number of hydrogen-bond donors (Lipinski definition) is 2. The molecule has 0 amide bonds. The van der Waals surface area contributed by atoms with Gasteiger partial charge in [0.1, 0.15) is 5.75 Å². The summed E-state index contributed by atoms with van der Waals surface area (Å²) in [4.78, 5) is 0. The van der Waals surface area contributed by atoms with Crippen LogP contribution in [0, 0.1) is 0 Å². The highest BCUT2D eigenvalue weighted by atomic mass is 16.5. The molecule has 1 unspecified atom stereocenters. The van der Waals surface area contributed by atoms with Gasteiger partial charge in [-0.1, -0.05) is 12.1 Å². The fourth-order valence-electron chi connectivity index (χ4n) is 1.83. The Kier molecular flexibility index (Phi) is 6.84. The second-order valence-electron chi connectivity index (χ2n) is 5.01. The van der Waals surface area contributed by atoms with Gasteiger partial charge in [0.15, 0.2) is 0 Å². The van der Waals surface area contributed by atoms with Gasteiger partial charge in [0.05, 0.1) is 19.3 Å². The molecule has 0 saturated carbocycles. The van der Waals surface area contributed by atoms with E-state index < -0.39 is 5.60 Å². The van der Waals surface area contributed by atoms with Crippen molar-refractivity contribution in [2.45, 2.75) is 25.4 Å². The van der Waals surface area contributed by atoms with Crippen molar-refractivity contribution < 1.29 is 14.6 Å². The first-order valence-corrected chi connectivity index (χ1v) is 6.62. The number of hydrogen-bond acceptors (Lipinski definition) is 4. The predicted octanol–water partition coefficient (Wildman–Crippen LogP) is 1.61. The van der Waals surface area contributed by atoms with Crippen LogP contribution in [-0.4, -0.2) is 44.6 Å². The van der Waals surface area contributed by atoms with Crippen molar-refractivity contribution in [2.24, 2.45) is 0 Å². The van der Waals surface area contributed by atoms with E-state index in [2.05, 4.69) is 5.32 Å². The van der Waals surface area contributed by atoms with Gasteiger partial charge in [0.25, 0.3) is 0 Å². The highest BCUT2D eigenvalue weighted by molar-refractivity contribution is 5.27. The Hall–Kier alpha value is -1.10. The third kappa shape index (κ3) is 6.57. The number of benzene rings is 1. The molecular formula is C15H25NO3. The molecule has 0 radical (unpaired) electrons. The Balaban J connectivity index is 2.32. The van der Waals surface area contributed by atoms with E-state index in [0.717, 1.165) is 25.1 Å². The molecule has 108 valence electrons. The molecule has 2 N–H and O–H groups in total. The molecule has 4 heteroatoms. The lowest BCUT2D eigenvalue weighted by Gasteiger charge is -2.23. The Morgan fingerprint density at radius 1 is 1.21 bits per heavy atom. The largest absolute Gasteiger partial charge is 0.497 e. The molecule has 0 bridgehead atoms. The quantitative estimate of drug-likeness (QED) is 0.668. The van der Waals surface area contributed by atoms with E-state index in [9.17, 15) is 5.11 Å². The van der Waals surface area contributed by atoms with Gasteiger partial charge in [0.2, 0.25) is 0 Å². The summed E-state index contributed by atoms with van der Waals surface area (Å²) in [6.07, 6.45) is 1.57. The summed E-state index contributed by atoms with van der Waals surface area (Å²) in [5.74, 6) is 0.858. The summed E-state index contributed by atoms with van der Waals surface area (Å²) in [6.45, 7) is 3.85. The standard InChI is InChI=1S/C15H25NO3/c1-15(17,12-16-10-11-18-2)9-8-13-4-6-14(19-3)7-5-13/h4-7,16-17H,8-12H2,1-3H3. The number of methoxy groups -OCH3 is 2. The maximum absolute atomic E-state index is 10.2. The molecule has 0 spiro atoms. The van der Waals surface area contributed by atoms with Crippen LogP contribution in [0.4, 0.5) is 0 Å². The van der Waals surface area contributed by atoms with Crippen LogP contribution in [0.25, 0.3) is 0 Å². The van der Waals surface area contributed by atoms with Gasteiger partial charge >= 0.3 is 0 Å². The Morgan fingerprint density at radius 2 is 1.89 bits per heavy atom. The van der Waals surface area contributed by atoms with E-state index >= 15 is 0 Å². The first-order valence-electron chi connectivity index (χ1n) is 6.62. The van der Waals surface area contributed by atoms with Crippen LogP contribution in [0.15, 0.2) is 24.3 Å². The van der Waals surface area contributed by atoms with E-state index in [0.29, 0.717) is 13.2 Å². The molecule has 0 aliphatic heterocycles. The molecule has 1 aromatic rings. The van der Waals surface area contributed by atoms with Crippen LogP contribution < -0.4 is 10.1 Å². The number of rotatable bonds is 9. The molecule has 0 aliphatic carbocycles. The van der Waals surface area contributed by atoms with E-state index in [1.807, 2.05) is 31.2 Å². The average molecular weight is 267 g/mol. The van der Waals surface area contributed by atoms with Crippen molar-refractivity contribution in [1.29, 1.82) is 0 Å². The van der Waals surface area contributed by atoms with Gasteiger partial charge in [-0.25, -0.2) is 0 Å². The van der Waals surface area contributed by atoms with E-state index in [1.165, 1.54) is 5.56 Å². The molecule has 0 heterocycles. The molecule has 1 atom stereocenters. The van der Waals surface area contributed by atoms with Crippen molar-refractivity contribution >= 4 is 0 Å². The minimum atomic E-state index is -0.701. The third-order valence-electron chi connectivity index (χ3n) is 3.10. The normalized spacial score (nSPS) is 14.1. The summed E-state index contributed by atoms with van der Waals surface area (Å²) < 4.78 is 10.1. The van der Waals surface area contributed by atoms with Crippen LogP contribution >= 0.6 is 0 Å². The number of nitrogens with one attached hydrogen (secondary N) is 1. The van der Waals surface area contributed by atoms with E-state index in [4.69, 9.17) is 9.47 Å². The van der Waals surface area contributed by atoms with Gasteiger partial charge in [-0.05, 0) is 37.5 Å². The first-order chi connectivity index (χ1) is 9.07. The zero-order valence-corrected chi connectivity index (χ0v) is 12.1. The van der Waals surface area contributed by atoms with Gasteiger partial charge < -0.3 is 19.9 Å². The second-order valence-corrected chi connectivity index (χ2v) is 5.01. The minimum absolute atomic E-state index is 0.576. The average Bonchev–Trinajstić information content (AvgIpc) is 2.42. The highest BCUT2D eigenvalue weighted by Crippen LogP contribution is 2.16. The van der Waals surface area contributed by atoms with Crippen molar-refractivity contribution in [3.05, 3.63) is 29.8 Å². The lowest BCUT2D eigenvalue weighted by atomic mass is 9.96. The summed E-state index contributed by atoms with van der Waals surface area (Å²) in [7, 11) is 3.33. The van der Waals surface area contributed by atoms with Crippen molar-refractivity contribution in [3.63, 3.8) is 0 Å². The number of aryl methyl sites for hydroxylation is 1. The summed E-state index contributed by atoms with van der Waals surface area (Å²) in [6, 6.07) is 7.96. The van der Waals surface area contributed by atoms with Gasteiger partial charge in [-0.15, -0.1) is 0 Å². The summed E-state index contributed by atoms with van der Waals surface area (Å²) in [5.41, 5.74) is 0.506. The number of aliphatic hydroxyl groups is 1. The van der Waals surface area contributed by atoms with Crippen LogP contribution in [-0.2, 0) is 11.2 Å². The van der Waals surface area contributed by atoms with Gasteiger partial charge in [0, 0.05) is 20.2 Å². The Bertz CT molecular complexity index is 349. The highest BCUT2D eigenvalue weighted by Gasteiger charge is 2.19. The smallest absolute Gasteiger partial charge is 0.118 e. The molecule has 1 rings (SSSR count). The van der Waals surface area contributed by atoms with Gasteiger partial charge in [-0.3, -0.25) is 0 Å². The van der Waals surface area contributed by atoms with Crippen LogP contribution in [0.2, 0.25) is 0 Å². The SMILES string of the molecule is COCCNCC(C)(O)CCc1ccc(OC)cc1. The Labute approximate surface area is 115 Å². The zero-order valence-electron chi connectivity index (χ0n) is 12.1. The van der Waals surface area contributed by atoms with Crippen molar-refractivity contribution in [1.82, 2.24) is 5.32 Å². The third-order valence-corrected chi connectivity index (χ3v) is 3.10. The monoisotopic (exact) mass is 267 g/mol. The molecular weight excluding hydrogens is 242 g/mol. The van der Waals surface area contributed by atoms with Crippen LogP contribution in [0.1, 0.15) is 18.9 Å². The summed E-state index contributed by atoms with van der Waals surface area (Å²) in [5, 5.41) is 13.4.